The van der Waals surface area contributed by atoms with Gasteiger partial charge in [-0.25, -0.2) is 4.79 Å². The minimum Gasteiger partial charge on any atom is -0.493 e. The van der Waals surface area contributed by atoms with Gasteiger partial charge in [-0.1, -0.05) is 24.3 Å². The Labute approximate surface area is 217 Å². The fourth-order valence-corrected chi connectivity index (χ4v) is 4.78. The molecule has 0 bridgehead atoms. The van der Waals surface area contributed by atoms with Crippen molar-refractivity contribution >= 4 is 29.3 Å². The van der Waals surface area contributed by atoms with Crippen molar-refractivity contribution in [3.05, 3.63) is 53.1 Å². The lowest BCUT2D eigenvalue weighted by Gasteiger charge is -2.34. The quantitative estimate of drug-likeness (QED) is 0.550. The molecule has 0 radical (unpaired) electrons. The molecule has 0 fully saturated rings. The van der Waals surface area contributed by atoms with Gasteiger partial charge in [0.25, 0.3) is 0 Å². The van der Waals surface area contributed by atoms with Crippen LogP contribution in [0.4, 0.5) is 29.3 Å². The van der Waals surface area contributed by atoms with Crippen molar-refractivity contribution in [2.24, 2.45) is 0 Å². The van der Waals surface area contributed by atoms with E-state index in [2.05, 4.69) is 0 Å². The molecular weight excluding hydrogens is 505 g/mol. The Morgan fingerprint density at radius 3 is 2.55 bits per heavy atom. The van der Waals surface area contributed by atoms with Crippen molar-refractivity contribution in [3.63, 3.8) is 0 Å². The second-order valence-corrected chi connectivity index (χ2v) is 10.4. The van der Waals surface area contributed by atoms with Gasteiger partial charge < -0.3 is 14.6 Å². The number of para-hydroxylation sites is 1. The number of rotatable bonds is 5. The maximum atomic E-state index is 13.7. The fourth-order valence-electron chi connectivity index (χ4n) is 4.78. The van der Waals surface area contributed by atoms with Gasteiger partial charge in [0, 0.05) is 29.8 Å². The topological polar surface area (TPSA) is 96.4 Å². The highest BCUT2D eigenvalue weighted by Gasteiger charge is 2.44. The van der Waals surface area contributed by atoms with E-state index in [4.69, 9.17) is 14.6 Å². The molecule has 1 unspecified atom stereocenters. The van der Waals surface area contributed by atoms with Crippen molar-refractivity contribution in [2.75, 3.05) is 23.0 Å². The van der Waals surface area contributed by atoms with Crippen molar-refractivity contribution < 1.29 is 42.1 Å². The minimum absolute atomic E-state index is 0.0562. The van der Waals surface area contributed by atoms with Gasteiger partial charge in [0.1, 0.15) is 11.4 Å². The zero-order valence-electron chi connectivity index (χ0n) is 21.3. The Morgan fingerprint density at radius 2 is 1.89 bits per heavy atom. The molecule has 0 aromatic heterocycles. The van der Waals surface area contributed by atoms with E-state index in [0.717, 1.165) is 5.56 Å². The summed E-state index contributed by atoms with van der Waals surface area (Å²) >= 11 is 0. The Bertz CT molecular complexity index is 1250. The molecule has 2 aliphatic rings. The van der Waals surface area contributed by atoms with E-state index in [1.165, 1.54) is 23.1 Å². The van der Waals surface area contributed by atoms with Crippen LogP contribution < -0.4 is 14.5 Å². The lowest BCUT2D eigenvalue weighted by atomic mass is 9.96. The number of carbonyl (C=O) groups is 3. The number of amides is 2. The van der Waals surface area contributed by atoms with Crippen LogP contribution in [0.25, 0.3) is 0 Å². The number of fused-ring (bicyclic) bond motifs is 2. The third kappa shape index (κ3) is 5.87. The molecule has 4 rings (SSSR count). The first-order valence-corrected chi connectivity index (χ1v) is 12.2. The predicted octanol–water partition coefficient (Wildman–Crippen LogP) is 5.42. The van der Waals surface area contributed by atoms with Crippen molar-refractivity contribution in [1.82, 2.24) is 0 Å². The Balaban J connectivity index is 1.73. The summed E-state index contributed by atoms with van der Waals surface area (Å²) in [5, 5.41) is 9.12. The van der Waals surface area contributed by atoms with Crippen molar-refractivity contribution in [2.45, 2.75) is 64.3 Å². The van der Waals surface area contributed by atoms with Gasteiger partial charge in [-0.2, -0.15) is 13.2 Å². The molecule has 0 spiro atoms. The van der Waals surface area contributed by atoms with Crippen molar-refractivity contribution in [3.8, 4) is 5.75 Å². The number of hydrogen-bond acceptors (Lipinski definition) is 5. The minimum atomic E-state index is -5.16. The van der Waals surface area contributed by atoms with Crippen LogP contribution in [0.2, 0.25) is 0 Å². The number of nitrogens with zero attached hydrogens (tertiary/aromatic N) is 2. The molecule has 2 aromatic carbocycles. The number of aliphatic carboxylic acids is 1. The number of carboxylic acids is 1. The number of carboxylic acid groups (broad SMARTS) is 1. The molecule has 204 valence electrons. The van der Waals surface area contributed by atoms with E-state index in [9.17, 15) is 27.6 Å². The summed E-state index contributed by atoms with van der Waals surface area (Å²) in [5.41, 5.74) is 1.30. The number of ether oxygens (including phenoxy) is 2. The number of aryl methyl sites for hydroxylation is 1. The van der Waals surface area contributed by atoms with Crippen molar-refractivity contribution in [1.29, 1.82) is 0 Å². The van der Waals surface area contributed by atoms with Gasteiger partial charge in [-0.15, -0.1) is 0 Å². The third-order valence-corrected chi connectivity index (χ3v) is 6.34. The van der Waals surface area contributed by atoms with Crippen LogP contribution in [0.15, 0.2) is 36.4 Å². The normalized spacial score (nSPS) is 16.8. The fraction of sp³-hybridized carbons (Fsp3) is 0.444. The highest BCUT2D eigenvalue weighted by atomic mass is 19.4. The van der Waals surface area contributed by atoms with E-state index in [0.29, 0.717) is 41.1 Å². The first-order valence-electron chi connectivity index (χ1n) is 12.2. The molecule has 2 aromatic rings. The van der Waals surface area contributed by atoms with Crippen LogP contribution >= 0.6 is 0 Å². The number of alkyl halides is 3. The molecule has 8 nitrogen and oxygen atoms in total. The molecule has 0 saturated carbocycles. The second-order valence-electron chi connectivity index (χ2n) is 10.4. The van der Waals surface area contributed by atoms with Crippen LogP contribution in [-0.2, 0) is 27.3 Å². The van der Waals surface area contributed by atoms with Crippen LogP contribution in [-0.4, -0.2) is 48.0 Å². The van der Waals surface area contributed by atoms with Gasteiger partial charge in [0.15, 0.2) is 0 Å². The van der Waals surface area contributed by atoms with E-state index in [-0.39, 0.29) is 24.5 Å². The Kier molecular flexibility index (Phi) is 7.31. The van der Waals surface area contributed by atoms with Gasteiger partial charge in [0.2, 0.25) is 0 Å². The van der Waals surface area contributed by atoms with Gasteiger partial charge in [-0.3, -0.25) is 19.4 Å². The number of carbonyl (C=O) groups excluding carboxylic acids is 2. The summed E-state index contributed by atoms with van der Waals surface area (Å²) in [6.07, 6.45) is -4.69. The SMILES string of the molecule is CC(C)(C)OC(=O)N1CCCc2cccc(CN(C(=O)C(F)(F)F)c3ccc4c(c3)OCC4CC(=O)O)c21. The molecule has 1 atom stereocenters. The number of anilines is 2. The first kappa shape index (κ1) is 27.3. The number of halogens is 3. The maximum Gasteiger partial charge on any atom is 0.471 e. The Hall–Kier alpha value is -3.76. The third-order valence-electron chi connectivity index (χ3n) is 6.34. The van der Waals surface area contributed by atoms with E-state index >= 15 is 0 Å². The summed E-state index contributed by atoms with van der Waals surface area (Å²) < 4.78 is 52.3. The maximum absolute atomic E-state index is 13.7. The molecule has 2 heterocycles. The summed E-state index contributed by atoms with van der Waals surface area (Å²) in [6.45, 7) is 5.12. The van der Waals surface area contributed by atoms with Crippen LogP contribution in [0, 0.1) is 0 Å². The van der Waals surface area contributed by atoms with Gasteiger partial charge in [-0.05, 0) is 50.8 Å². The summed E-state index contributed by atoms with van der Waals surface area (Å²) in [7, 11) is 0. The molecule has 0 saturated heterocycles. The molecule has 0 aliphatic carbocycles. The van der Waals surface area contributed by atoms with Crippen LogP contribution in [0.1, 0.15) is 56.2 Å². The summed E-state index contributed by atoms with van der Waals surface area (Å²) in [6, 6.07) is 9.25. The summed E-state index contributed by atoms with van der Waals surface area (Å²) in [4.78, 5) is 38.8. The molecule has 1 N–H and O–H groups in total. The lowest BCUT2D eigenvalue weighted by Crippen LogP contribution is -2.43. The van der Waals surface area contributed by atoms with E-state index in [1.807, 2.05) is 0 Å². The zero-order valence-corrected chi connectivity index (χ0v) is 21.3. The van der Waals surface area contributed by atoms with E-state index < -0.39 is 42.2 Å². The summed E-state index contributed by atoms with van der Waals surface area (Å²) in [5.74, 6) is -3.30. The van der Waals surface area contributed by atoms with E-state index in [1.54, 1.807) is 39.0 Å². The first-order chi connectivity index (χ1) is 17.7. The van der Waals surface area contributed by atoms with Gasteiger partial charge >= 0.3 is 24.1 Å². The highest BCUT2D eigenvalue weighted by Crippen LogP contribution is 2.40. The molecule has 2 aliphatic heterocycles. The average molecular weight is 535 g/mol. The smallest absolute Gasteiger partial charge is 0.471 e. The molecule has 11 heteroatoms. The molecule has 2 amide bonds. The van der Waals surface area contributed by atoms with Crippen LogP contribution in [0.5, 0.6) is 5.75 Å². The Morgan fingerprint density at radius 1 is 1.16 bits per heavy atom. The van der Waals surface area contributed by atoms with Crippen LogP contribution in [0.3, 0.4) is 0 Å². The monoisotopic (exact) mass is 534 g/mol. The number of benzene rings is 2. The molecule has 38 heavy (non-hydrogen) atoms. The zero-order chi connectivity index (χ0) is 27.8. The molecular formula is C27H29F3N2O6. The standard InChI is InChI=1S/C27H29F3N2O6/c1-26(2,3)38-25(36)31-11-5-8-16-6-4-7-17(23(16)31)14-32(24(35)27(28,29)30)19-9-10-20-18(12-22(33)34)15-37-21(20)13-19/h4,6-7,9-10,13,18H,5,8,11-12,14-15H2,1-3H3,(H,33,34). The largest absolute Gasteiger partial charge is 0.493 e. The second kappa shape index (κ2) is 10.2. The average Bonchev–Trinajstić information content (AvgIpc) is 3.21. The highest BCUT2D eigenvalue weighted by molar-refractivity contribution is 5.98. The lowest BCUT2D eigenvalue weighted by molar-refractivity contribution is -0.170. The predicted molar refractivity (Wildman–Crippen MR) is 133 cm³/mol. The number of hydrogen-bond donors (Lipinski definition) is 1. The van der Waals surface area contributed by atoms with Gasteiger partial charge in [0.05, 0.1) is 25.3 Å².